The van der Waals surface area contributed by atoms with Crippen LogP contribution >= 0.6 is 0 Å². The van der Waals surface area contributed by atoms with Crippen molar-refractivity contribution in [3.05, 3.63) is 0 Å². The highest BCUT2D eigenvalue weighted by Gasteiger charge is 2.52. The lowest BCUT2D eigenvalue weighted by Crippen LogP contribution is -2.15. The maximum Gasteiger partial charge on any atom is 0.0471 e. The van der Waals surface area contributed by atoms with Crippen LogP contribution < -0.4 is 5.32 Å². The van der Waals surface area contributed by atoms with Crippen LogP contribution in [0, 0.1) is 11.3 Å². The fourth-order valence-corrected chi connectivity index (χ4v) is 2.61. The summed E-state index contributed by atoms with van der Waals surface area (Å²) in [4.78, 5) is 0. The first-order valence-corrected chi connectivity index (χ1v) is 5.10. The predicted molar refractivity (Wildman–Crippen MR) is 49.1 cm³/mol. The lowest BCUT2D eigenvalue weighted by Gasteiger charge is -2.12. The minimum Gasteiger partial charge on any atom is -0.381 e. The highest BCUT2D eigenvalue weighted by Crippen LogP contribution is 2.58. The van der Waals surface area contributed by atoms with Crippen LogP contribution in [-0.4, -0.2) is 26.8 Å². The molecule has 1 aliphatic carbocycles. The Morgan fingerprint density at radius 3 is 3.17 bits per heavy atom. The van der Waals surface area contributed by atoms with E-state index in [0.29, 0.717) is 5.41 Å². The van der Waals surface area contributed by atoms with Crippen LogP contribution in [0.4, 0.5) is 0 Å². The Kier molecular flexibility index (Phi) is 2.37. The van der Waals surface area contributed by atoms with Crippen LogP contribution in [0.15, 0.2) is 0 Å². The van der Waals surface area contributed by atoms with Gasteiger partial charge in [-0.05, 0) is 50.6 Å². The maximum absolute atomic E-state index is 5.48. The zero-order valence-electron chi connectivity index (χ0n) is 7.94. The summed E-state index contributed by atoms with van der Waals surface area (Å²) in [6, 6.07) is 0. The lowest BCUT2D eigenvalue weighted by molar-refractivity contribution is 0.139. The van der Waals surface area contributed by atoms with E-state index in [1.54, 1.807) is 0 Å². The van der Waals surface area contributed by atoms with Crippen molar-refractivity contribution in [2.45, 2.75) is 25.7 Å². The molecule has 2 heteroatoms. The SMILES string of the molecule is CNCC1CC12CCCOCC2. The highest BCUT2D eigenvalue weighted by atomic mass is 16.5. The van der Waals surface area contributed by atoms with Gasteiger partial charge in [-0.15, -0.1) is 0 Å². The average Bonchev–Trinajstić information content (AvgIpc) is 2.79. The number of nitrogens with one attached hydrogen (secondary N) is 1. The van der Waals surface area contributed by atoms with Gasteiger partial charge in [-0.1, -0.05) is 0 Å². The van der Waals surface area contributed by atoms with E-state index >= 15 is 0 Å². The van der Waals surface area contributed by atoms with Gasteiger partial charge in [-0.2, -0.15) is 0 Å². The first-order chi connectivity index (χ1) is 5.87. The molecule has 2 atom stereocenters. The fourth-order valence-electron chi connectivity index (χ4n) is 2.61. The first-order valence-electron chi connectivity index (χ1n) is 5.10. The molecule has 1 aliphatic heterocycles. The average molecular weight is 169 g/mol. The third-order valence-corrected chi connectivity index (χ3v) is 3.52. The highest BCUT2D eigenvalue weighted by molar-refractivity contribution is 5.03. The topological polar surface area (TPSA) is 21.3 Å². The van der Waals surface area contributed by atoms with Crippen molar-refractivity contribution in [2.75, 3.05) is 26.8 Å². The van der Waals surface area contributed by atoms with E-state index in [4.69, 9.17) is 4.74 Å². The third-order valence-electron chi connectivity index (χ3n) is 3.52. The van der Waals surface area contributed by atoms with Crippen molar-refractivity contribution in [1.82, 2.24) is 5.32 Å². The molecule has 0 aromatic heterocycles. The maximum atomic E-state index is 5.48. The fraction of sp³-hybridized carbons (Fsp3) is 1.00. The number of rotatable bonds is 2. The molecule has 0 bridgehead atoms. The standard InChI is InChI=1S/C10H19NO/c1-11-8-9-7-10(9)3-2-5-12-6-4-10/h9,11H,2-8H2,1H3. The summed E-state index contributed by atoms with van der Waals surface area (Å²) in [5.74, 6) is 0.948. The molecule has 2 fully saturated rings. The molecular weight excluding hydrogens is 150 g/mol. The first kappa shape index (κ1) is 8.52. The van der Waals surface area contributed by atoms with E-state index < -0.39 is 0 Å². The van der Waals surface area contributed by atoms with Crippen molar-refractivity contribution >= 4 is 0 Å². The number of hydrogen-bond acceptors (Lipinski definition) is 2. The van der Waals surface area contributed by atoms with Crippen LogP contribution in [0.3, 0.4) is 0 Å². The van der Waals surface area contributed by atoms with Gasteiger partial charge in [0.25, 0.3) is 0 Å². The van der Waals surface area contributed by atoms with Crippen molar-refractivity contribution in [2.24, 2.45) is 11.3 Å². The van der Waals surface area contributed by atoms with Gasteiger partial charge >= 0.3 is 0 Å². The Bertz CT molecular complexity index is 150. The Morgan fingerprint density at radius 2 is 2.33 bits per heavy atom. The van der Waals surface area contributed by atoms with Crippen molar-refractivity contribution < 1.29 is 4.74 Å². The van der Waals surface area contributed by atoms with Crippen LogP contribution in [0.5, 0.6) is 0 Å². The van der Waals surface area contributed by atoms with Gasteiger partial charge in [-0.3, -0.25) is 0 Å². The van der Waals surface area contributed by atoms with E-state index in [1.165, 1.54) is 32.2 Å². The summed E-state index contributed by atoms with van der Waals surface area (Å²) in [6.07, 6.45) is 5.43. The van der Waals surface area contributed by atoms with Crippen molar-refractivity contribution in [1.29, 1.82) is 0 Å². The van der Waals surface area contributed by atoms with Crippen LogP contribution in [0.25, 0.3) is 0 Å². The summed E-state index contributed by atoms with van der Waals surface area (Å²) >= 11 is 0. The monoisotopic (exact) mass is 169 g/mol. The minimum atomic E-state index is 0.694. The minimum absolute atomic E-state index is 0.694. The van der Waals surface area contributed by atoms with Crippen LogP contribution in [-0.2, 0) is 4.74 Å². The molecule has 1 saturated carbocycles. The summed E-state index contributed by atoms with van der Waals surface area (Å²) in [7, 11) is 2.05. The third kappa shape index (κ3) is 1.50. The van der Waals surface area contributed by atoms with Crippen molar-refractivity contribution in [3.8, 4) is 0 Å². The Morgan fingerprint density at radius 1 is 1.42 bits per heavy atom. The summed E-state index contributed by atoms with van der Waals surface area (Å²) in [5, 5.41) is 3.28. The van der Waals surface area contributed by atoms with E-state index in [-0.39, 0.29) is 0 Å². The molecule has 70 valence electrons. The molecule has 1 spiro atoms. The lowest BCUT2D eigenvalue weighted by atomic mass is 9.94. The Labute approximate surface area is 74.7 Å². The van der Waals surface area contributed by atoms with E-state index in [1.807, 2.05) is 0 Å². The molecule has 12 heavy (non-hydrogen) atoms. The zero-order valence-corrected chi connectivity index (χ0v) is 7.94. The van der Waals surface area contributed by atoms with Crippen LogP contribution in [0.1, 0.15) is 25.7 Å². The smallest absolute Gasteiger partial charge is 0.0471 e. The molecule has 0 aromatic rings. The normalized spacial score (nSPS) is 41.2. The molecule has 0 radical (unpaired) electrons. The molecule has 2 nitrogen and oxygen atoms in total. The molecule has 2 unspecified atom stereocenters. The molecule has 1 saturated heterocycles. The molecule has 1 N–H and O–H groups in total. The second kappa shape index (κ2) is 3.35. The second-order valence-electron chi connectivity index (χ2n) is 4.29. The Balaban J connectivity index is 1.86. The molecule has 0 aromatic carbocycles. The summed E-state index contributed by atoms with van der Waals surface area (Å²) < 4.78 is 5.48. The van der Waals surface area contributed by atoms with Gasteiger partial charge in [0.2, 0.25) is 0 Å². The molecule has 2 aliphatic rings. The molecular formula is C10H19NO. The van der Waals surface area contributed by atoms with E-state index in [9.17, 15) is 0 Å². The summed E-state index contributed by atoms with van der Waals surface area (Å²) in [6.45, 7) is 3.20. The van der Waals surface area contributed by atoms with Gasteiger partial charge in [0.05, 0.1) is 0 Å². The zero-order chi connectivity index (χ0) is 8.44. The van der Waals surface area contributed by atoms with Gasteiger partial charge in [-0.25, -0.2) is 0 Å². The second-order valence-corrected chi connectivity index (χ2v) is 4.29. The van der Waals surface area contributed by atoms with E-state index in [0.717, 1.165) is 19.1 Å². The predicted octanol–water partition coefficient (Wildman–Crippen LogP) is 1.41. The molecule has 0 amide bonds. The number of hydrogen-bond donors (Lipinski definition) is 1. The van der Waals surface area contributed by atoms with Crippen molar-refractivity contribution in [3.63, 3.8) is 0 Å². The summed E-state index contributed by atoms with van der Waals surface area (Å²) in [5.41, 5.74) is 0.694. The quantitative estimate of drug-likeness (QED) is 0.675. The molecule has 1 heterocycles. The van der Waals surface area contributed by atoms with Gasteiger partial charge in [0.15, 0.2) is 0 Å². The van der Waals surface area contributed by atoms with Gasteiger partial charge in [0, 0.05) is 13.2 Å². The largest absolute Gasteiger partial charge is 0.381 e. The van der Waals surface area contributed by atoms with Gasteiger partial charge in [0.1, 0.15) is 0 Å². The van der Waals surface area contributed by atoms with E-state index in [2.05, 4.69) is 12.4 Å². The number of ether oxygens (including phenoxy) is 1. The van der Waals surface area contributed by atoms with Crippen LogP contribution in [0.2, 0.25) is 0 Å². The Hall–Kier alpha value is -0.0800. The molecule has 2 rings (SSSR count). The van der Waals surface area contributed by atoms with Gasteiger partial charge < -0.3 is 10.1 Å².